The first kappa shape index (κ1) is 18.3. The van der Waals surface area contributed by atoms with E-state index in [2.05, 4.69) is 10.3 Å². The number of hydrogen-bond donors (Lipinski definition) is 1. The van der Waals surface area contributed by atoms with Gasteiger partial charge in [-0.15, -0.1) is 0 Å². The third-order valence-corrected chi connectivity index (χ3v) is 5.18. The summed E-state index contributed by atoms with van der Waals surface area (Å²) in [6.45, 7) is 1.85. The lowest BCUT2D eigenvalue weighted by Gasteiger charge is -2.20. The van der Waals surface area contributed by atoms with E-state index in [9.17, 15) is 9.59 Å². The molecule has 0 bridgehead atoms. The van der Waals surface area contributed by atoms with Crippen molar-refractivity contribution >= 4 is 23.0 Å². The first-order chi connectivity index (χ1) is 13.5. The fraction of sp³-hybridized carbons (Fsp3) is 0.381. The third-order valence-electron chi connectivity index (χ3n) is 5.18. The molecule has 1 N–H and O–H groups in total. The Morgan fingerprint density at radius 3 is 2.75 bits per heavy atom. The molecule has 0 aliphatic heterocycles. The quantitative estimate of drug-likeness (QED) is 0.684. The van der Waals surface area contributed by atoms with Gasteiger partial charge in [0.25, 0.3) is 5.91 Å². The predicted octanol–water partition coefficient (Wildman–Crippen LogP) is 3.43. The van der Waals surface area contributed by atoms with Gasteiger partial charge in [0.2, 0.25) is 6.10 Å². The van der Waals surface area contributed by atoms with E-state index in [1.54, 1.807) is 42.1 Å². The minimum absolute atomic E-state index is 0.123. The smallest absolute Gasteiger partial charge is 0.356 e. The van der Waals surface area contributed by atoms with Crippen LogP contribution < -0.4 is 5.32 Å². The molecule has 0 spiro atoms. The van der Waals surface area contributed by atoms with Crippen molar-refractivity contribution in [2.24, 2.45) is 7.05 Å². The Bertz CT molecular complexity index is 1000. The van der Waals surface area contributed by atoms with Crippen LogP contribution in [0.15, 0.2) is 40.9 Å². The number of aromatic nitrogens is 2. The van der Waals surface area contributed by atoms with Crippen molar-refractivity contribution in [2.45, 2.75) is 44.8 Å². The van der Waals surface area contributed by atoms with Gasteiger partial charge in [-0.05, 0) is 31.9 Å². The number of esters is 1. The topological polar surface area (TPSA) is 86.4 Å². The average Bonchev–Trinajstić information content (AvgIpc) is 3.39. The Balaban J connectivity index is 1.58. The molecule has 1 atom stereocenters. The summed E-state index contributed by atoms with van der Waals surface area (Å²) in [5.41, 5.74) is 2.13. The Kier molecular flexibility index (Phi) is 4.90. The van der Waals surface area contributed by atoms with Crippen LogP contribution >= 0.6 is 0 Å². The highest BCUT2D eigenvalue weighted by Gasteiger charge is 2.30. The first-order valence-electron chi connectivity index (χ1n) is 9.51. The Hall–Kier alpha value is -3.09. The maximum atomic E-state index is 12.9. The number of carbonyl (C=O) groups is 2. The highest BCUT2D eigenvalue weighted by molar-refractivity contribution is 5.96. The number of nitrogens with zero attached hydrogens (tertiary/aromatic N) is 2. The van der Waals surface area contributed by atoms with E-state index < -0.39 is 12.1 Å². The van der Waals surface area contributed by atoms with Gasteiger partial charge < -0.3 is 19.0 Å². The van der Waals surface area contributed by atoms with Crippen LogP contribution in [0.4, 0.5) is 0 Å². The lowest BCUT2D eigenvalue weighted by atomic mass is 10.2. The molecule has 0 saturated heterocycles. The molecule has 3 aromatic heterocycles. The number of ether oxygens (including phenoxy) is 1. The van der Waals surface area contributed by atoms with Crippen LogP contribution in [0.2, 0.25) is 0 Å². The molecule has 7 heteroatoms. The summed E-state index contributed by atoms with van der Waals surface area (Å²) in [4.78, 5) is 29.9. The van der Waals surface area contributed by atoms with Gasteiger partial charge in [0.15, 0.2) is 5.58 Å². The molecular formula is C21H23N3O4. The highest BCUT2D eigenvalue weighted by atomic mass is 16.5. The number of fused-ring (bicyclic) bond motifs is 1. The second kappa shape index (κ2) is 7.50. The van der Waals surface area contributed by atoms with Gasteiger partial charge in [0.1, 0.15) is 11.5 Å². The molecule has 1 amide bonds. The van der Waals surface area contributed by atoms with Crippen molar-refractivity contribution in [2.75, 3.05) is 0 Å². The van der Waals surface area contributed by atoms with Crippen LogP contribution in [-0.2, 0) is 16.6 Å². The van der Waals surface area contributed by atoms with Crippen LogP contribution in [0, 0.1) is 6.92 Å². The lowest BCUT2D eigenvalue weighted by molar-refractivity contribution is -0.131. The normalized spacial score (nSPS) is 15.6. The number of pyridine rings is 1. The number of furan rings is 1. The number of nitrogens with one attached hydrogen (secondary N) is 1. The zero-order valence-corrected chi connectivity index (χ0v) is 16.0. The minimum Gasteiger partial charge on any atom is -0.460 e. The van der Waals surface area contributed by atoms with Gasteiger partial charge in [0, 0.05) is 31.4 Å². The van der Waals surface area contributed by atoms with Crippen molar-refractivity contribution in [3.05, 3.63) is 53.7 Å². The third kappa shape index (κ3) is 3.52. The first-order valence-corrected chi connectivity index (χ1v) is 9.51. The lowest BCUT2D eigenvalue weighted by Crippen LogP contribution is -2.38. The van der Waals surface area contributed by atoms with Crippen LogP contribution in [0.3, 0.4) is 0 Å². The van der Waals surface area contributed by atoms with E-state index in [0.717, 1.165) is 37.0 Å². The summed E-state index contributed by atoms with van der Waals surface area (Å²) in [6, 6.07) is 8.82. The molecule has 3 heterocycles. The second-order valence-corrected chi connectivity index (χ2v) is 7.23. The average molecular weight is 381 g/mol. The van der Waals surface area contributed by atoms with Crippen LogP contribution in [0.5, 0.6) is 0 Å². The van der Waals surface area contributed by atoms with E-state index in [4.69, 9.17) is 9.15 Å². The van der Waals surface area contributed by atoms with Gasteiger partial charge >= 0.3 is 5.97 Å². The van der Waals surface area contributed by atoms with E-state index in [-0.39, 0.29) is 11.9 Å². The van der Waals surface area contributed by atoms with Gasteiger partial charge in [-0.1, -0.05) is 18.9 Å². The minimum atomic E-state index is -1.10. The summed E-state index contributed by atoms with van der Waals surface area (Å²) in [5, 5.41) is 3.00. The molecule has 4 rings (SSSR count). The molecule has 1 aliphatic carbocycles. The number of rotatable bonds is 5. The molecule has 146 valence electrons. The molecule has 0 radical (unpaired) electrons. The maximum Gasteiger partial charge on any atom is 0.356 e. The van der Waals surface area contributed by atoms with Crippen LogP contribution in [0.25, 0.3) is 11.1 Å². The van der Waals surface area contributed by atoms with E-state index >= 15 is 0 Å². The molecule has 1 fully saturated rings. The van der Waals surface area contributed by atoms with Gasteiger partial charge in [-0.2, -0.15) is 0 Å². The molecule has 3 aromatic rings. The summed E-state index contributed by atoms with van der Waals surface area (Å²) < 4.78 is 12.9. The Morgan fingerprint density at radius 1 is 1.29 bits per heavy atom. The number of carbonyl (C=O) groups excluding carboxylic acids is 2. The summed E-state index contributed by atoms with van der Waals surface area (Å²) >= 11 is 0. The molecule has 0 aromatic carbocycles. The number of amides is 1. The number of hydrogen-bond acceptors (Lipinski definition) is 5. The van der Waals surface area contributed by atoms with E-state index in [0.29, 0.717) is 17.0 Å². The highest BCUT2D eigenvalue weighted by Crippen LogP contribution is 2.26. The van der Waals surface area contributed by atoms with Crippen molar-refractivity contribution in [3.63, 3.8) is 0 Å². The zero-order chi connectivity index (χ0) is 19.7. The fourth-order valence-corrected chi connectivity index (χ4v) is 3.72. The van der Waals surface area contributed by atoms with Gasteiger partial charge in [-0.25, -0.2) is 4.79 Å². The summed E-state index contributed by atoms with van der Waals surface area (Å²) in [5.74, 6) is -0.167. The Morgan fingerprint density at radius 2 is 2.07 bits per heavy atom. The summed E-state index contributed by atoms with van der Waals surface area (Å²) in [6.07, 6.45) is 4.57. The van der Waals surface area contributed by atoms with Crippen molar-refractivity contribution in [1.82, 2.24) is 14.9 Å². The molecule has 28 heavy (non-hydrogen) atoms. The second-order valence-electron chi connectivity index (χ2n) is 7.23. The van der Waals surface area contributed by atoms with Crippen molar-refractivity contribution < 1.29 is 18.7 Å². The SMILES string of the molecule is Cc1cc2c(cc(C(=O)OC(C(=O)NC3CCCC3)c3ccccn3)n2C)o1. The van der Waals surface area contributed by atoms with E-state index in [1.165, 1.54) is 0 Å². The molecular weight excluding hydrogens is 358 g/mol. The zero-order valence-electron chi connectivity index (χ0n) is 16.0. The number of aryl methyl sites for hydroxylation is 2. The fourth-order valence-electron chi connectivity index (χ4n) is 3.72. The van der Waals surface area contributed by atoms with Crippen LogP contribution in [-0.4, -0.2) is 27.5 Å². The van der Waals surface area contributed by atoms with Gasteiger partial charge in [0.05, 0.1) is 11.2 Å². The largest absolute Gasteiger partial charge is 0.460 e. The Labute approximate surface area is 162 Å². The monoisotopic (exact) mass is 381 g/mol. The molecule has 1 saturated carbocycles. The van der Waals surface area contributed by atoms with Crippen molar-refractivity contribution in [3.8, 4) is 0 Å². The molecule has 1 unspecified atom stereocenters. The standard InChI is InChI=1S/C21H23N3O4/c1-13-11-16-18(27-13)12-17(24(16)2)21(26)28-19(15-9-5-6-10-22-15)20(25)23-14-7-3-4-8-14/h5-6,9-12,14,19H,3-4,7-8H2,1-2H3,(H,23,25). The van der Waals surface area contributed by atoms with Gasteiger partial charge in [-0.3, -0.25) is 9.78 Å². The van der Waals surface area contributed by atoms with Crippen LogP contribution in [0.1, 0.15) is 53.7 Å². The maximum absolute atomic E-state index is 12.9. The predicted molar refractivity (Wildman–Crippen MR) is 103 cm³/mol. The van der Waals surface area contributed by atoms with Crippen molar-refractivity contribution in [1.29, 1.82) is 0 Å². The molecule has 1 aliphatic rings. The summed E-state index contributed by atoms with van der Waals surface area (Å²) in [7, 11) is 1.77. The van der Waals surface area contributed by atoms with E-state index in [1.807, 2.05) is 13.0 Å². The molecule has 7 nitrogen and oxygen atoms in total.